The molecule has 0 saturated carbocycles. The Morgan fingerprint density at radius 1 is 0.857 bits per heavy atom. The standard InChI is InChI=1S/C17H23Cl2N2O4P.CH3Cl.2CH4.Cl3OP/c1-23-16-11-13(17(24-2)15-6-4-3-5-14(15)16)12-25-26(22,20-9-7-18)21-10-8-19;1-2;;;1-5(2,3)4/h3-6,11H,7-10,12H2,1-2H3,(H2,20,21,22);1H3;2*1H4;. The van der Waals surface area contributed by atoms with E-state index in [1.54, 1.807) is 14.2 Å². The first-order valence-corrected chi connectivity index (χ1v) is 17.0. The van der Waals surface area contributed by atoms with Gasteiger partial charge >= 0.3 is 12.9 Å². The summed E-state index contributed by atoms with van der Waals surface area (Å²) >= 11 is 29.9. The van der Waals surface area contributed by atoms with Gasteiger partial charge in [-0.2, -0.15) is 0 Å². The van der Waals surface area contributed by atoms with Crippen molar-refractivity contribution in [1.82, 2.24) is 10.2 Å². The highest BCUT2D eigenvalue weighted by Crippen LogP contribution is 2.61. The fourth-order valence-corrected chi connectivity index (χ4v) is 4.45. The van der Waals surface area contributed by atoms with Crippen molar-refractivity contribution in [3.8, 4) is 11.5 Å². The molecule has 0 saturated heterocycles. The van der Waals surface area contributed by atoms with Crippen LogP contribution >= 0.6 is 81.4 Å². The van der Waals surface area contributed by atoms with E-state index in [0.717, 1.165) is 16.3 Å². The number of nitrogens with one attached hydrogen (secondary N) is 2. The highest BCUT2D eigenvalue weighted by molar-refractivity contribution is 8.24. The van der Waals surface area contributed by atoms with Gasteiger partial charge in [-0.15, -0.1) is 34.8 Å². The van der Waals surface area contributed by atoms with Gasteiger partial charge in [0.05, 0.1) is 20.8 Å². The number of benzene rings is 2. The number of ether oxygens (including phenoxy) is 2. The summed E-state index contributed by atoms with van der Waals surface area (Å²) in [5, 5.41) is 4.23. The van der Waals surface area contributed by atoms with Crippen molar-refractivity contribution in [3.05, 3.63) is 35.9 Å². The van der Waals surface area contributed by atoms with E-state index in [9.17, 15) is 9.13 Å². The summed E-state index contributed by atoms with van der Waals surface area (Å²) in [6, 6.07) is 9.58. The molecule has 0 bridgehead atoms. The molecule has 0 aromatic heterocycles. The van der Waals surface area contributed by atoms with Crippen LogP contribution in [0.4, 0.5) is 0 Å². The van der Waals surface area contributed by atoms with Crippen molar-refractivity contribution in [2.24, 2.45) is 0 Å². The lowest BCUT2D eigenvalue weighted by molar-refractivity contribution is 0.281. The third-order valence-corrected chi connectivity index (χ3v) is 5.84. The molecule has 7 nitrogen and oxygen atoms in total. The third kappa shape index (κ3) is 16.1. The summed E-state index contributed by atoms with van der Waals surface area (Å²) in [6.07, 6.45) is 1.47. The molecule has 35 heavy (non-hydrogen) atoms. The first-order chi connectivity index (χ1) is 15.6. The van der Waals surface area contributed by atoms with Gasteiger partial charge in [-0.05, 0) is 39.8 Å². The minimum Gasteiger partial charge on any atom is -0.496 e. The van der Waals surface area contributed by atoms with E-state index in [0.29, 0.717) is 36.3 Å². The molecule has 0 spiro atoms. The number of halogens is 6. The molecule has 0 atom stereocenters. The molecule has 206 valence electrons. The number of alkyl halides is 3. The minimum absolute atomic E-state index is 0. The van der Waals surface area contributed by atoms with Crippen LogP contribution in [-0.4, -0.2) is 45.5 Å². The summed E-state index contributed by atoms with van der Waals surface area (Å²) in [7, 11) is -0.100. The molecule has 0 aliphatic heterocycles. The Bertz CT molecular complexity index is 916. The van der Waals surface area contributed by atoms with E-state index in [4.69, 9.17) is 37.2 Å². The smallest absolute Gasteiger partial charge is 0.341 e. The van der Waals surface area contributed by atoms with Gasteiger partial charge in [-0.3, -0.25) is 9.13 Å². The summed E-state index contributed by atoms with van der Waals surface area (Å²) in [5.41, 5.74) is 0.726. The van der Waals surface area contributed by atoms with E-state index in [1.165, 1.54) is 6.38 Å². The monoisotopic (exact) mass is 654 g/mol. The van der Waals surface area contributed by atoms with E-state index in [-0.39, 0.29) is 21.5 Å². The lowest BCUT2D eigenvalue weighted by atomic mass is 10.0. The SMILES string of the molecule is C.C.CCl.COc1cc(COP(=O)(NCCCl)NCCCl)c(OC)c2ccccc12.O=P(Cl)(Cl)Cl. The van der Waals surface area contributed by atoms with Crippen LogP contribution in [-0.2, 0) is 20.3 Å². The van der Waals surface area contributed by atoms with Crippen molar-refractivity contribution < 1.29 is 23.1 Å². The van der Waals surface area contributed by atoms with Crippen molar-refractivity contribution in [3.63, 3.8) is 0 Å². The zero-order valence-electron chi connectivity index (χ0n) is 18.1. The number of fused-ring (bicyclic) bond motifs is 1. The molecule has 0 fully saturated rings. The predicted octanol–water partition coefficient (Wildman–Crippen LogP) is 9.08. The topological polar surface area (TPSA) is 85.9 Å². The molecular formula is C20H34Cl6N2O5P2. The molecule has 0 unspecified atom stereocenters. The lowest BCUT2D eigenvalue weighted by Crippen LogP contribution is -2.27. The summed E-state index contributed by atoms with van der Waals surface area (Å²) in [6.45, 7) is 0.741. The van der Waals surface area contributed by atoms with E-state index < -0.39 is 12.9 Å². The average molecular weight is 657 g/mol. The molecule has 2 aromatic carbocycles. The van der Waals surface area contributed by atoms with Crippen LogP contribution in [0.15, 0.2) is 30.3 Å². The van der Waals surface area contributed by atoms with Crippen LogP contribution < -0.4 is 19.6 Å². The quantitative estimate of drug-likeness (QED) is 0.184. The summed E-state index contributed by atoms with van der Waals surface area (Å²) < 4.78 is 39.2. The minimum atomic E-state index is -3.30. The molecular weight excluding hydrogens is 623 g/mol. The third-order valence-electron chi connectivity index (χ3n) is 3.69. The lowest BCUT2D eigenvalue weighted by Gasteiger charge is -2.21. The summed E-state index contributed by atoms with van der Waals surface area (Å²) in [5.74, 6) is 1.96. The highest BCUT2D eigenvalue weighted by atomic mass is 36.0. The van der Waals surface area contributed by atoms with Crippen molar-refractivity contribution in [1.29, 1.82) is 0 Å². The first kappa shape index (κ1) is 39.9. The van der Waals surface area contributed by atoms with Gasteiger partial charge in [-0.1, -0.05) is 39.1 Å². The number of rotatable bonds is 11. The second kappa shape index (κ2) is 21.3. The molecule has 0 aliphatic carbocycles. The Hall–Kier alpha value is 0.380. The maximum atomic E-state index is 12.9. The first-order valence-electron chi connectivity index (χ1n) is 9.14. The number of methoxy groups -OCH3 is 2. The van der Waals surface area contributed by atoms with Gasteiger partial charge in [0.2, 0.25) is 0 Å². The molecule has 0 aliphatic rings. The van der Waals surface area contributed by atoms with Crippen molar-refractivity contribution >= 4 is 92.2 Å². The zero-order chi connectivity index (χ0) is 25.5. The maximum Gasteiger partial charge on any atom is 0.341 e. The van der Waals surface area contributed by atoms with Gasteiger partial charge in [0, 0.05) is 47.6 Å². The highest BCUT2D eigenvalue weighted by Gasteiger charge is 2.23. The molecule has 0 amide bonds. The fourth-order valence-electron chi connectivity index (χ4n) is 2.57. The van der Waals surface area contributed by atoms with E-state index in [1.807, 2.05) is 30.3 Å². The van der Waals surface area contributed by atoms with E-state index >= 15 is 0 Å². The zero-order valence-corrected chi connectivity index (χ0v) is 24.5. The van der Waals surface area contributed by atoms with Gasteiger partial charge in [0.25, 0.3) is 0 Å². The van der Waals surface area contributed by atoms with Crippen LogP contribution in [0.2, 0.25) is 0 Å². The van der Waals surface area contributed by atoms with Crippen LogP contribution in [0.1, 0.15) is 20.4 Å². The fraction of sp³-hybridized carbons (Fsp3) is 0.500. The van der Waals surface area contributed by atoms with Gasteiger partial charge in [0.15, 0.2) is 0 Å². The molecule has 0 heterocycles. The molecule has 2 rings (SSSR count). The Morgan fingerprint density at radius 3 is 1.71 bits per heavy atom. The van der Waals surface area contributed by atoms with Gasteiger partial charge in [0.1, 0.15) is 11.5 Å². The van der Waals surface area contributed by atoms with Crippen molar-refractivity contribution in [2.75, 3.05) is 45.5 Å². The Balaban J connectivity index is -0.00000101. The Kier molecular flexibility index (Phi) is 24.3. The maximum absolute atomic E-state index is 12.9. The normalized spacial score (nSPS) is 10.5. The van der Waals surface area contributed by atoms with E-state index in [2.05, 4.69) is 55.5 Å². The molecule has 2 N–H and O–H groups in total. The largest absolute Gasteiger partial charge is 0.496 e. The Morgan fingerprint density at radius 2 is 1.31 bits per heavy atom. The second-order valence-corrected chi connectivity index (χ2v) is 15.1. The Labute approximate surface area is 238 Å². The second-order valence-electron chi connectivity index (χ2n) is 5.73. The molecule has 0 radical (unpaired) electrons. The molecule has 2 aromatic rings. The van der Waals surface area contributed by atoms with Crippen LogP contribution in [0.3, 0.4) is 0 Å². The van der Waals surface area contributed by atoms with Crippen LogP contribution in [0.25, 0.3) is 10.8 Å². The number of hydrogen-bond donors (Lipinski definition) is 2. The summed E-state index contributed by atoms with van der Waals surface area (Å²) in [4.78, 5) is 0. The molecule has 15 heteroatoms. The average Bonchev–Trinajstić information content (AvgIpc) is 2.79. The number of hydrogen-bond acceptors (Lipinski definition) is 5. The van der Waals surface area contributed by atoms with Crippen molar-refractivity contribution in [2.45, 2.75) is 21.5 Å². The van der Waals surface area contributed by atoms with Crippen LogP contribution in [0.5, 0.6) is 11.5 Å². The van der Waals surface area contributed by atoms with Gasteiger partial charge in [-0.25, -0.2) is 10.2 Å². The van der Waals surface area contributed by atoms with Gasteiger partial charge < -0.3 is 14.0 Å². The predicted molar refractivity (Wildman–Crippen MR) is 157 cm³/mol. The van der Waals surface area contributed by atoms with Crippen LogP contribution in [0, 0.1) is 0 Å².